The van der Waals surface area contributed by atoms with Crippen LogP contribution in [0.4, 0.5) is 0 Å². The highest BCUT2D eigenvalue weighted by molar-refractivity contribution is 5.70. The molecule has 0 aromatic heterocycles. The van der Waals surface area contributed by atoms with E-state index in [1.165, 1.54) is 0 Å². The largest absolute Gasteiger partial charge is 0.481 e. The normalized spacial score (nSPS) is 29.1. The van der Waals surface area contributed by atoms with Gasteiger partial charge in [-0.1, -0.05) is 0 Å². The Hall–Kier alpha value is -1.08. The first-order valence-corrected chi connectivity index (χ1v) is 4.91. The monoisotopic (exact) mass is 197 g/mol. The van der Waals surface area contributed by atoms with Gasteiger partial charge in [0.15, 0.2) is 0 Å². The minimum Gasteiger partial charge on any atom is -0.481 e. The number of carboxylic acid groups (broad SMARTS) is 1. The molecule has 78 valence electrons. The molecule has 4 heteroatoms. The summed E-state index contributed by atoms with van der Waals surface area (Å²) < 4.78 is 5.41. The van der Waals surface area contributed by atoms with Gasteiger partial charge in [-0.2, -0.15) is 5.26 Å². The van der Waals surface area contributed by atoms with Gasteiger partial charge in [-0.25, -0.2) is 0 Å². The van der Waals surface area contributed by atoms with E-state index in [9.17, 15) is 4.79 Å². The first kappa shape index (κ1) is 11.0. The van der Waals surface area contributed by atoms with Crippen molar-refractivity contribution in [3.63, 3.8) is 0 Å². The van der Waals surface area contributed by atoms with Crippen LogP contribution in [0.1, 0.15) is 32.6 Å². The van der Waals surface area contributed by atoms with Gasteiger partial charge < -0.3 is 9.84 Å². The number of carboxylic acids is 1. The van der Waals surface area contributed by atoms with Crippen LogP contribution >= 0.6 is 0 Å². The first-order valence-electron chi connectivity index (χ1n) is 4.91. The Morgan fingerprint density at radius 3 is 2.50 bits per heavy atom. The second-order valence-electron chi connectivity index (χ2n) is 3.72. The highest BCUT2D eigenvalue weighted by atomic mass is 16.5. The number of nitriles is 1. The lowest BCUT2D eigenvalue weighted by Crippen LogP contribution is -2.28. The van der Waals surface area contributed by atoms with Gasteiger partial charge in [0, 0.05) is 0 Å². The van der Waals surface area contributed by atoms with Crippen molar-refractivity contribution in [1.82, 2.24) is 0 Å². The summed E-state index contributed by atoms with van der Waals surface area (Å²) >= 11 is 0. The average Bonchev–Trinajstić information content (AvgIpc) is 2.18. The lowest BCUT2D eigenvalue weighted by atomic mass is 9.87. The molecule has 0 aromatic rings. The molecule has 14 heavy (non-hydrogen) atoms. The van der Waals surface area contributed by atoms with Gasteiger partial charge in [0.2, 0.25) is 0 Å². The smallest absolute Gasteiger partial charge is 0.306 e. The highest BCUT2D eigenvalue weighted by Gasteiger charge is 2.27. The van der Waals surface area contributed by atoms with Crippen molar-refractivity contribution in [2.75, 3.05) is 0 Å². The topological polar surface area (TPSA) is 70.3 Å². The van der Waals surface area contributed by atoms with Crippen molar-refractivity contribution in [3.05, 3.63) is 0 Å². The number of nitrogens with zero attached hydrogens (tertiary/aromatic N) is 1. The maximum atomic E-state index is 10.6. The number of ether oxygens (including phenoxy) is 1. The van der Waals surface area contributed by atoms with Crippen molar-refractivity contribution in [3.8, 4) is 6.07 Å². The molecule has 1 N–H and O–H groups in total. The van der Waals surface area contributed by atoms with E-state index in [4.69, 9.17) is 15.1 Å². The van der Waals surface area contributed by atoms with Crippen LogP contribution in [0, 0.1) is 17.2 Å². The minimum atomic E-state index is -0.711. The summed E-state index contributed by atoms with van der Waals surface area (Å²) in [6.45, 7) is 1.71. The number of carbonyl (C=O) groups is 1. The molecule has 0 spiro atoms. The van der Waals surface area contributed by atoms with E-state index in [0.29, 0.717) is 12.8 Å². The molecule has 4 nitrogen and oxygen atoms in total. The zero-order chi connectivity index (χ0) is 10.6. The van der Waals surface area contributed by atoms with Crippen molar-refractivity contribution in [2.24, 2.45) is 5.92 Å². The van der Waals surface area contributed by atoms with Crippen molar-refractivity contribution in [1.29, 1.82) is 5.26 Å². The molecule has 1 unspecified atom stereocenters. The van der Waals surface area contributed by atoms with Crippen LogP contribution in [0.3, 0.4) is 0 Å². The Morgan fingerprint density at radius 1 is 1.50 bits per heavy atom. The predicted molar refractivity (Wildman–Crippen MR) is 49.5 cm³/mol. The zero-order valence-corrected chi connectivity index (χ0v) is 8.27. The molecule has 0 saturated heterocycles. The summed E-state index contributed by atoms with van der Waals surface area (Å²) in [6, 6.07) is 2.01. The van der Waals surface area contributed by atoms with Crippen LogP contribution in [0.2, 0.25) is 0 Å². The van der Waals surface area contributed by atoms with Crippen molar-refractivity contribution >= 4 is 5.97 Å². The first-order chi connectivity index (χ1) is 6.63. The third kappa shape index (κ3) is 3.00. The molecule has 1 fully saturated rings. The van der Waals surface area contributed by atoms with Gasteiger partial charge in [0.1, 0.15) is 6.10 Å². The lowest BCUT2D eigenvalue weighted by molar-refractivity contribution is -0.144. The molecule has 0 aliphatic heterocycles. The Kier molecular flexibility index (Phi) is 3.90. The lowest BCUT2D eigenvalue weighted by Gasteiger charge is -2.26. The molecule has 0 amide bonds. The maximum Gasteiger partial charge on any atom is 0.306 e. The van der Waals surface area contributed by atoms with Gasteiger partial charge in [-0.3, -0.25) is 4.79 Å². The molecule has 0 heterocycles. The van der Waals surface area contributed by atoms with Crippen LogP contribution in [-0.2, 0) is 9.53 Å². The van der Waals surface area contributed by atoms with E-state index in [0.717, 1.165) is 12.8 Å². The molecule has 1 saturated carbocycles. The van der Waals surface area contributed by atoms with Crippen LogP contribution in [-0.4, -0.2) is 23.3 Å². The molecule has 1 aliphatic rings. The summed E-state index contributed by atoms with van der Waals surface area (Å²) in [4.78, 5) is 10.6. The number of rotatable bonds is 3. The minimum absolute atomic E-state index is 0.0697. The fourth-order valence-electron chi connectivity index (χ4n) is 1.76. The fraction of sp³-hybridized carbons (Fsp3) is 0.800. The number of hydrogen-bond acceptors (Lipinski definition) is 3. The second kappa shape index (κ2) is 4.97. The van der Waals surface area contributed by atoms with Gasteiger partial charge in [0.25, 0.3) is 0 Å². The van der Waals surface area contributed by atoms with E-state index in [2.05, 4.69) is 0 Å². The Morgan fingerprint density at radius 2 is 2.07 bits per heavy atom. The van der Waals surface area contributed by atoms with E-state index in [1.807, 2.05) is 6.07 Å². The summed E-state index contributed by atoms with van der Waals surface area (Å²) in [5.41, 5.74) is 0. The molecular weight excluding hydrogens is 182 g/mol. The fourth-order valence-corrected chi connectivity index (χ4v) is 1.76. The van der Waals surface area contributed by atoms with Gasteiger partial charge in [-0.05, 0) is 32.6 Å². The third-order valence-corrected chi connectivity index (χ3v) is 2.60. The average molecular weight is 197 g/mol. The van der Waals surface area contributed by atoms with Gasteiger partial charge >= 0.3 is 5.97 Å². The van der Waals surface area contributed by atoms with E-state index >= 15 is 0 Å². The zero-order valence-electron chi connectivity index (χ0n) is 8.27. The summed E-state index contributed by atoms with van der Waals surface area (Å²) in [7, 11) is 0. The molecular formula is C10H15NO3. The van der Waals surface area contributed by atoms with E-state index in [-0.39, 0.29) is 18.1 Å². The molecule has 1 aliphatic carbocycles. The molecule has 1 atom stereocenters. The maximum absolute atomic E-state index is 10.6. The van der Waals surface area contributed by atoms with E-state index < -0.39 is 5.97 Å². The van der Waals surface area contributed by atoms with Gasteiger partial charge in [0.05, 0.1) is 18.1 Å². The van der Waals surface area contributed by atoms with Gasteiger partial charge in [-0.15, -0.1) is 0 Å². The summed E-state index contributed by atoms with van der Waals surface area (Å²) in [5, 5.41) is 17.3. The summed E-state index contributed by atoms with van der Waals surface area (Å²) in [5.74, 6) is -0.927. The third-order valence-electron chi connectivity index (χ3n) is 2.60. The summed E-state index contributed by atoms with van der Waals surface area (Å²) in [6.07, 6.45) is 2.52. The Balaban J connectivity index is 2.29. The van der Waals surface area contributed by atoms with E-state index in [1.54, 1.807) is 6.92 Å². The standard InChI is InChI=1S/C10H15NO3/c1-7(6-11)14-9-4-2-8(3-5-9)10(12)13/h7-9H,2-5H2,1H3,(H,12,13). The molecule has 0 bridgehead atoms. The van der Waals surface area contributed by atoms with Crippen molar-refractivity contribution < 1.29 is 14.6 Å². The quantitative estimate of drug-likeness (QED) is 0.745. The molecule has 0 radical (unpaired) electrons. The van der Waals surface area contributed by atoms with Crippen molar-refractivity contribution in [2.45, 2.75) is 44.8 Å². The Labute approximate surface area is 83.5 Å². The molecule has 1 rings (SSSR count). The Bertz CT molecular complexity index is 238. The second-order valence-corrected chi connectivity index (χ2v) is 3.72. The predicted octanol–water partition coefficient (Wildman–Crippen LogP) is 1.56. The number of hydrogen-bond donors (Lipinski definition) is 1. The van der Waals surface area contributed by atoms with Crippen LogP contribution in [0.25, 0.3) is 0 Å². The SMILES string of the molecule is CC(C#N)OC1CCC(C(=O)O)CC1. The van der Waals surface area contributed by atoms with Crippen LogP contribution in [0.5, 0.6) is 0 Å². The highest BCUT2D eigenvalue weighted by Crippen LogP contribution is 2.26. The number of aliphatic carboxylic acids is 1. The van der Waals surface area contributed by atoms with Crippen LogP contribution in [0.15, 0.2) is 0 Å². The molecule has 0 aromatic carbocycles. The van der Waals surface area contributed by atoms with Crippen LogP contribution < -0.4 is 0 Å².